The summed E-state index contributed by atoms with van der Waals surface area (Å²) in [4.78, 5) is 0. The van der Waals surface area contributed by atoms with Gasteiger partial charge in [0.25, 0.3) is 0 Å². The summed E-state index contributed by atoms with van der Waals surface area (Å²) >= 11 is 6.03. The molecule has 0 radical (unpaired) electrons. The lowest BCUT2D eigenvalue weighted by atomic mass is 10.1. The molecule has 0 fully saturated rings. The molecule has 1 heterocycles. The molecule has 2 aromatic rings. The predicted molar refractivity (Wildman–Crippen MR) is 56.1 cm³/mol. The summed E-state index contributed by atoms with van der Waals surface area (Å²) in [7, 11) is 0. The van der Waals surface area contributed by atoms with Crippen LogP contribution in [-0.4, -0.2) is 5.16 Å². The predicted octanol–water partition coefficient (Wildman–Crippen LogP) is 2.89. The fourth-order valence-electron chi connectivity index (χ4n) is 1.38. The van der Waals surface area contributed by atoms with Gasteiger partial charge in [0.1, 0.15) is 0 Å². The van der Waals surface area contributed by atoms with Crippen molar-refractivity contribution in [3.05, 3.63) is 35.0 Å². The van der Waals surface area contributed by atoms with Gasteiger partial charge in [0.15, 0.2) is 0 Å². The van der Waals surface area contributed by atoms with Gasteiger partial charge in [0.2, 0.25) is 5.88 Å². The van der Waals surface area contributed by atoms with E-state index in [1.807, 2.05) is 31.2 Å². The van der Waals surface area contributed by atoms with Crippen LogP contribution in [0.5, 0.6) is 0 Å². The van der Waals surface area contributed by atoms with Gasteiger partial charge in [-0.05, 0) is 13.0 Å². The number of benzene rings is 1. The molecule has 0 saturated heterocycles. The van der Waals surface area contributed by atoms with Gasteiger partial charge >= 0.3 is 0 Å². The lowest BCUT2D eigenvalue weighted by Crippen LogP contribution is -1.87. The first kappa shape index (κ1) is 9.09. The molecule has 3 nitrogen and oxygen atoms in total. The maximum Gasteiger partial charge on any atom is 0.230 e. The van der Waals surface area contributed by atoms with Crippen molar-refractivity contribution in [2.75, 3.05) is 5.73 Å². The highest BCUT2D eigenvalue weighted by Gasteiger charge is 2.14. The average Bonchev–Trinajstić information content (AvgIpc) is 2.48. The molecule has 0 bridgehead atoms. The van der Waals surface area contributed by atoms with E-state index in [0.29, 0.717) is 10.9 Å². The molecule has 0 spiro atoms. The highest BCUT2D eigenvalue weighted by molar-refractivity contribution is 6.33. The number of halogens is 1. The van der Waals surface area contributed by atoms with Crippen LogP contribution in [0.2, 0.25) is 5.02 Å². The number of anilines is 1. The van der Waals surface area contributed by atoms with Crippen molar-refractivity contribution in [3.63, 3.8) is 0 Å². The summed E-state index contributed by atoms with van der Waals surface area (Å²) in [6.07, 6.45) is 0. The van der Waals surface area contributed by atoms with Crippen molar-refractivity contribution in [2.24, 2.45) is 0 Å². The molecule has 2 N–H and O–H groups in total. The minimum absolute atomic E-state index is 0.301. The molecule has 0 unspecified atom stereocenters. The number of nitrogens with two attached hydrogens (primary N) is 1. The number of nitrogen functional groups attached to an aromatic ring is 1. The van der Waals surface area contributed by atoms with Crippen LogP contribution in [0.3, 0.4) is 0 Å². The van der Waals surface area contributed by atoms with Crippen LogP contribution in [0, 0.1) is 6.92 Å². The van der Waals surface area contributed by atoms with Gasteiger partial charge in [0, 0.05) is 10.6 Å². The second-order valence-corrected chi connectivity index (χ2v) is 3.39. The van der Waals surface area contributed by atoms with E-state index in [-0.39, 0.29) is 0 Å². The minimum atomic E-state index is 0.301. The minimum Gasteiger partial charge on any atom is -0.367 e. The van der Waals surface area contributed by atoms with Gasteiger partial charge in [-0.1, -0.05) is 35.0 Å². The fourth-order valence-corrected chi connectivity index (χ4v) is 1.61. The highest BCUT2D eigenvalue weighted by Crippen LogP contribution is 2.33. The van der Waals surface area contributed by atoms with Crippen molar-refractivity contribution in [3.8, 4) is 11.1 Å². The quantitative estimate of drug-likeness (QED) is 0.784. The van der Waals surface area contributed by atoms with Crippen molar-refractivity contribution in [1.29, 1.82) is 0 Å². The van der Waals surface area contributed by atoms with E-state index in [9.17, 15) is 0 Å². The van der Waals surface area contributed by atoms with Crippen molar-refractivity contribution < 1.29 is 4.52 Å². The Morgan fingerprint density at radius 2 is 2.07 bits per heavy atom. The van der Waals surface area contributed by atoms with Crippen LogP contribution in [-0.2, 0) is 0 Å². The Morgan fingerprint density at radius 1 is 1.36 bits per heavy atom. The normalized spacial score (nSPS) is 10.4. The Balaban J connectivity index is 2.66. The van der Waals surface area contributed by atoms with Gasteiger partial charge in [-0.2, -0.15) is 0 Å². The van der Waals surface area contributed by atoms with Crippen LogP contribution < -0.4 is 5.73 Å². The molecular weight excluding hydrogens is 200 g/mol. The number of rotatable bonds is 1. The van der Waals surface area contributed by atoms with Gasteiger partial charge in [-0.3, -0.25) is 0 Å². The zero-order chi connectivity index (χ0) is 10.1. The van der Waals surface area contributed by atoms with E-state index in [0.717, 1.165) is 16.8 Å². The van der Waals surface area contributed by atoms with Gasteiger partial charge in [0.05, 0.1) is 11.3 Å². The smallest absolute Gasteiger partial charge is 0.230 e. The molecule has 0 atom stereocenters. The number of nitrogens with zero attached hydrogens (tertiary/aromatic N) is 1. The summed E-state index contributed by atoms with van der Waals surface area (Å²) in [5.41, 5.74) is 8.03. The first-order valence-electron chi connectivity index (χ1n) is 4.17. The average molecular weight is 209 g/mol. The molecule has 0 amide bonds. The molecule has 14 heavy (non-hydrogen) atoms. The topological polar surface area (TPSA) is 52.0 Å². The van der Waals surface area contributed by atoms with E-state index in [2.05, 4.69) is 5.16 Å². The number of hydrogen-bond donors (Lipinski definition) is 1. The van der Waals surface area contributed by atoms with Crippen molar-refractivity contribution in [1.82, 2.24) is 5.16 Å². The van der Waals surface area contributed by atoms with E-state index in [1.54, 1.807) is 0 Å². The molecule has 0 aliphatic rings. The molecule has 0 saturated carbocycles. The van der Waals surface area contributed by atoms with Crippen molar-refractivity contribution in [2.45, 2.75) is 6.92 Å². The molecule has 0 aliphatic carbocycles. The Morgan fingerprint density at radius 3 is 2.64 bits per heavy atom. The van der Waals surface area contributed by atoms with Crippen LogP contribution in [0.25, 0.3) is 11.1 Å². The van der Waals surface area contributed by atoms with Gasteiger partial charge in [-0.15, -0.1) is 0 Å². The molecule has 1 aromatic heterocycles. The molecule has 4 heteroatoms. The van der Waals surface area contributed by atoms with Crippen LogP contribution in [0.4, 0.5) is 5.88 Å². The van der Waals surface area contributed by atoms with Crippen LogP contribution in [0.15, 0.2) is 28.8 Å². The Bertz CT molecular complexity index is 445. The van der Waals surface area contributed by atoms with E-state index >= 15 is 0 Å². The molecule has 0 aliphatic heterocycles. The summed E-state index contributed by atoms with van der Waals surface area (Å²) in [6, 6.07) is 7.46. The Hall–Kier alpha value is -1.48. The van der Waals surface area contributed by atoms with Crippen LogP contribution in [0.1, 0.15) is 5.69 Å². The van der Waals surface area contributed by atoms with E-state index in [1.165, 1.54) is 0 Å². The van der Waals surface area contributed by atoms with Crippen LogP contribution >= 0.6 is 11.6 Å². The third-order valence-corrected chi connectivity index (χ3v) is 2.36. The maximum absolute atomic E-state index is 6.03. The monoisotopic (exact) mass is 208 g/mol. The van der Waals surface area contributed by atoms with Gasteiger partial charge < -0.3 is 10.3 Å². The number of aryl methyl sites for hydroxylation is 1. The third kappa shape index (κ3) is 1.36. The molecular formula is C10H9ClN2O. The second-order valence-electron chi connectivity index (χ2n) is 2.99. The van der Waals surface area contributed by atoms with E-state index in [4.69, 9.17) is 21.9 Å². The summed E-state index contributed by atoms with van der Waals surface area (Å²) in [5.74, 6) is 0.301. The largest absolute Gasteiger partial charge is 0.367 e. The lowest BCUT2D eigenvalue weighted by Gasteiger charge is -2.01. The van der Waals surface area contributed by atoms with Gasteiger partial charge in [-0.25, -0.2) is 0 Å². The lowest BCUT2D eigenvalue weighted by molar-refractivity contribution is 0.431. The Kier molecular flexibility index (Phi) is 2.17. The number of hydrogen-bond acceptors (Lipinski definition) is 3. The SMILES string of the molecule is Cc1noc(N)c1-c1ccccc1Cl. The third-order valence-electron chi connectivity index (χ3n) is 2.03. The van der Waals surface area contributed by atoms with Crippen molar-refractivity contribution >= 4 is 17.5 Å². The first-order valence-corrected chi connectivity index (χ1v) is 4.54. The first-order chi connectivity index (χ1) is 6.70. The summed E-state index contributed by atoms with van der Waals surface area (Å²) in [5, 5.41) is 4.42. The molecule has 72 valence electrons. The molecule has 2 rings (SSSR count). The Labute approximate surface area is 86.5 Å². The highest BCUT2D eigenvalue weighted by atomic mass is 35.5. The van der Waals surface area contributed by atoms with E-state index < -0.39 is 0 Å². The maximum atomic E-state index is 6.03. The summed E-state index contributed by atoms with van der Waals surface area (Å²) < 4.78 is 4.87. The second kappa shape index (κ2) is 3.35. The zero-order valence-electron chi connectivity index (χ0n) is 7.62. The zero-order valence-corrected chi connectivity index (χ0v) is 8.38. The fraction of sp³-hybridized carbons (Fsp3) is 0.100. The molecule has 1 aromatic carbocycles. The standard InChI is InChI=1S/C10H9ClN2O/c1-6-9(10(12)14-13-6)7-4-2-3-5-8(7)11/h2-5H,12H2,1H3. The summed E-state index contributed by atoms with van der Waals surface area (Å²) in [6.45, 7) is 1.83. The number of aromatic nitrogens is 1.